The Morgan fingerprint density at radius 1 is 1.35 bits per heavy atom. The largest absolute Gasteiger partial charge is 0.507 e. The molecule has 1 aromatic carbocycles. The Hall–Kier alpha value is -1.72. The summed E-state index contributed by atoms with van der Waals surface area (Å²) in [4.78, 5) is 22.4. The van der Waals surface area contributed by atoms with E-state index in [1.165, 1.54) is 12.1 Å². The van der Waals surface area contributed by atoms with Crippen LogP contribution in [0.4, 0.5) is 0 Å². The monoisotopic (exact) mass is 318 g/mol. The zero-order chi connectivity index (χ0) is 15.3. The zero-order valence-corrected chi connectivity index (χ0v) is 12.3. The van der Waals surface area contributed by atoms with Crippen LogP contribution in [0.25, 0.3) is 5.76 Å². The Morgan fingerprint density at radius 3 is 2.55 bits per heavy atom. The lowest BCUT2D eigenvalue weighted by molar-refractivity contribution is -0.149. The highest BCUT2D eigenvalue weighted by molar-refractivity contribution is 6.39. The minimum absolute atomic E-state index is 0.113. The highest BCUT2D eigenvalue weighted by atomic mass is 35.5. The molecule has 0 aliphatic carbocycles. The molecule has 20 heavy (non-hydrogen) atoms. The second-order valence-electron chi connectivity index (χ2n) is 3.58. The molecule has 0 spiro atoms. The maximum absolute atomic E-state index is 11.4. The first-order valence-corrected chi connectivity index (χ1v) is 6.31. The average Bonchev–Trinajstić information content (AvgIpc) is 2.40. The van der Waals surface area contributed by atoms with Crippen molar-refractivity contribution in [2.45, 2.75) is 6.92 Å². The summed E-state index contributed by atoms with van der Waals surface area (Å²) >= 11 is 11.8. The molecular formula is C13H12Cl2O5. The normalized spacial score (nSPS) is 11.1. The molecule has 0 bridgehead atoms. The van der Waals surface area contributed by atoms with Crippen LogP contribution >= 0.6 is 23.2 Å². The first-order chi connectivity index (χ1) is 9.40. The predicted octanol–water partition coefficient (Wildman–Crippen LogP) is 3.03. The van der Waals surface area contributed by atoms with Crippen molar-refractivity contribution in [3.63, 3.8) is 0 Å². The molecule has 7 heteroatoms. The van der Waals surface area contributed by atoms with Crippen LogP contribution in [0.1, 0.15) is 12.5 Å². The predicted molar refractivity (Wildman–Crippen MR) is 75.3 cm³/mol. The SMILES string of the molecule is CCOc1c(Cl)cc(Cl)cc1/C(O)=C\C(=O)C(=O)OC. The number of hydrogen-bond acceptors (Lipinski definition) is 5. The van der Waals surface area contributed by atoms with Gasteiger partial charge >= 0.3 is 5.97 Å². The van der Waals surface area contributed by atoms with Gasteiger partial charge in [0.05, 0.1) is 24.3 Å². The van der Waals surface area contributed by atoms with Gasteiger partial charge in [-0.2, -0.15) is 0 Å². The van der Waals surface area contributed by atoms with Crippen LogP contribution in [0, 0.1) is 0 Å². The number of rotatable bonds is 5. The summed E-state index contributed by atoms with van der Waals surface area (Å²) in [5.74, 6) is -2.43. The lowest BCUT2D eigenvalue weighted by Crippen LogP contribution is -2.13. The molecule has 1 rings (SSSR count). The third-order valence-electron chi connectivity index (χ3n) is 2.23. The highest BCUT2D eigenvalue weighted by Gasteiger charge is 2.17. The minimum Gasteiger partial charge on any atom is -0.507 e. The van der Waals surface area contributed by atoms with Gasteiger partial charge in [-0.25, -0.2) is 4.79 Å². The molecule has 0 radical (unpaired) electrons. The van der Waals surface area contributed by atoms with Crippen molar-refractivity contribution in [1.29, 1.82) is 0 Å². The third-order valence-corrected chi connectivity index (χ3v) is 2.73. The van der Waals surface area contributed by atoms with Crippen LogP contribution in [0.3, 0.4) is 0 Å². The molecular weight excluding hydrogens is 307 g/mol. The number of methoxy groups -OCH3 is 1. The average molecular weight is 319 g/mol. The van der Waals surface area contributed by atoms with E-state index in [0.717, 1.165) is 13.2 Å². The topological polar surface area (TPSA) is 72.8 Å². The molecule has 1 N–H and O–H groups in total. The summed E-state index contributed by atoms with van der Waals surface area (Å²) in [5.41, 5.74) is 0.113. The van der Waals surface area contributed by atoms with Crippen LogP contribution in [-0.2, 0) is 14.3 Å². The fourth-order valence-electron chi connectivity index (χ4n) is 1.40. The second-order valence-corrected chi connectivity index (χ2v) is 4.43. The molecule has 0 heterocycles. The fraction of sp³-hybridized carbons (Fsp3) is 0.231. The van der Waals surface area contributed by atoms with Crippen LogP contribution in [0.2, 0.25) is 10.0 Å². The van der Waals surface area contributed by atoms with Gasteiger partial charge in [0.25, 0.3) is 5.78 Å². The van der Waals surface area contributed by atoms with Crippen molar-refractivity contribution in [2.75, 3.05) is 13.7 Å². The first-order valence-electron chi connectivity index (χ1n) is 5.55. The summed E-state index contributed by atoms with van der Waals surface area (Å²) in [6.45, 7) is 2.03. The van der Waals surface area contributed by atoms with Gasteiger partial charge in [0.1, 0.15) is 11.5 Å². The van der Waals surface area contributed by atoms with Gasteiger partial charge in [0, 0.05) is 11.1 Å². The Bertz CT molecular complexity index is 566. The quantitative estimate of drug-likeness (QED) is 0.391. The summed E-state index contributed by atoms with van der Waals surface area (Å²) in [6.07, 6.45) is 0.719. The van der Waals surface area contributed by atoms with E-state index in [-0.39, 0.29) is 21.4 Å². The van der Waals surface area contributed by atoms with Crippen LogP contribution in [0.15, 0.2) is 18.2 Å². The number of ether oxygens (including phenoxy) is 2. The van der Waals surface area contributed by atoms with E-state index in [2.05, 4.69) is 4.74 Å². The smallest absolute Gasteiger partial charge is 0.378 e. The summed E-state index contributed by atoms with van der Waals surface area (Å²) in [6, 6.07) is 2.81. The van der Waals surface area contributed by atoms with E-state index in [4.69, 9.17) is 27.9 Å². The van der Waals surface area contributed by atoms with E-state index < -0.39 is 17.5 Å². The number of hydrogen-bond donors (Lipinski definition) is 1. The Morgan fingerprint density at radius 2 is 2.00 bits per heavy atom. The van der Waals surface area contributed by atoms with Gasteiger partial charge in [-0.15, -0.1) is 0 Å². The Labute approximate surface area is 125 Å². The van der Waals surface area contributed by atoms with Crippen LogP contribution in [-0.4, -0.2) is 30.6 Å². The highest BCUT2D eigenvalue weighted by Crippen LogP contribution is 2.35. The standard InChI is InChI=1S/C13H12Cl2O5/c1-3-20-12-8(4-7(14)5-9(12)15)10(16)6-11(17)13(18)19-2/h4-6,16H,3H2,1-2H3/b10-6+. The lowest BCUT2D eigenvalue weighted by atomic mass is 10.1. The van der Waals surface area contributed by atoms with Crippen molar-refractivity contribution >= 4 is 40.7 Å². The van der Waals surface area contributed by atoms with Crippen molar-refractivity contribution in [2.24, 2.45) is 0 Å². The molecule has 0 aliphatic rings. The molecule has 0 aromatic heterocycles. The molecule has 5 nitrogen and oxygen atoms in total. The number of ketones is 1. The number of halogens is 2. The number of carbonyl (C=O) groups is 2. The van der Waals surface area contributed by atoms with E-state index >= 15 is 0 Å². The molecule has 0 fully saturated rings. The molecule has 0 saturated heterocycles. The maximum Gasteiger partial charge on any atom is 0.378 e. The summed E-state index contributed by atoms with van der Waals surface area (Å²) < 4.78 is 9.54. The minimum atomic E-state index is -1.09. The molecule has 0 aliphatic heterocycles. The van der Waals surface area contributed by atoms with E-state index in [1.54, 1.807) is 6.92 Å². The van der Waals surface area contributed by atoms with Crippen LogP contribution in [0.5, 0.6) is 5.75 Å². The third kappa shape index (κ3) is 3.88. The number of carbonyl (C=O) groups excluding carboxylic acids is 2. The van der Waals surface area contributed by atoms with Crippen molar-refractivity contribution in [1.82, 2.24) is 0 Å². The zero-order valence-electron chi connectivity index (χ0n) is 10.8. The Kier molecular flexibility index (Phi) is 5.85. The first kappa shape index (κ1) is 16.3. The van der Waals surface area contributed by atoms with Crippen LogP contribution < -0.4 is 4.74 Å². The molecule has 0 amide bonds. The van der Waals surface area contributed by atoms with Gasteiger partial charge in [0.15, 0.2) is 0 Å². The van der Waals surface area contributed by atoms with Crippen molar-refractivity contribution in [3.05, 3.63) is 33.8 Å². The number of aliphatic hydroxyl groups is 1. The summed E-state index contributed by atoms with van der Waals surface area (Å²) in [7, 11) is 1.06. The van der Waals surface area contributed by atoms with Gasteiger partial charge < -0.3 is 14.6 Å². The molecule has 0 unspecified atom stereocenters. The van der Waals surface area contributed by atoms with Gasteiger partial charge in [0.2, 0.25) is 0 Å². The summed E-state index contributed by atoms with van der Waals surface area (Å²) in [5, 5.41) is 10.4. The molecule has 108 valence electrons. The van der Waals surface area contributed by atoms with Crippen molar-refractivity contribution in [3.8, 4) is 5.75 Å². The van der Waals surface area contributed by atoms with Gasteiger partial charge in [-0.05, 0) is 19.1 Å². The van der Waals surface area contributed by atoms with E-state index in [9.17, 15) is 14.7 Å². The molecule has 1 aromatic rings. The lowest BCUT2D eigenvalue weighted by Gasteiger charge is -2.12. The Balaban J connectivity index is 3.27. The fourth-order valence-corrected chi connectivity index (χ4v) is 1.95. The number of esters is 1. The molecule has 0 atom stereocenters. The number of benzene rings is 1. The van der Waals surface area contributed by atoms with Gasteiger partial charge in [-0.1, -0.05) is 23.2 Å². The van der Waals surface area contributed by atoms with E-state index in [0.29, 0.717) is 6.61 Å². The second kappa shape index (κ2) is 7.17. The maximum atomic E-state index is 11.4. The van der Waals surface area contributed by atoms with E-state index in [1.807, 2.05) is 0 Å². The van der Waals surface area contributed by atoms with Crippen molar-refractivity contribution < 1.29 is 24.2 Å². The van der Waals surface area contributed by atoms with Gasteiger partial charge in [-0.3, -0.25) is 4.79 Å². The molecule has 0 saturated carbocycles. The number of aliphatic hydroxyl groups excluding tert-OH is 1.